The molecule has 0 aromatic heterocycles. The Morgan fingerprint density at radius 3 is 2.42 bits per heavy atom. The zero-order valence-electron chi connectivity index (χ0n) is 12.1. The van der Waals surface area contributed by atoms with Gasteiger partial charge in [0, 0.05) is 5.33 Å². The maximum Gasteiger partial charge on any atom is 0.161 e. The van der Waals surface area contributed by atoms with E-state index in [2.05, 4.69) is 28.9 Å². The van der Waals surface area contributed by atoms with Crippen molar-refractivity contribution in [3.63, 3.8) is 0 Å². The van der Waals surface area contributed by atoms with Crippen molar-refractivity contribution in [1.29, 1.82) is 0 Å². The van der Waals surface area contributed by atoms with Gasteiger partial charge in [0.25, 0.3) is 0 Å². The molecule has 19 heavy (non-hydrogen) atoms. The normalized spacial score (nSPS) is 10.5. The van der Waals surface area contributed by atoms with Crippen LogP contribution < -0.4 is 9.47 Å². The van der Waals surface area contributed by atoms with Crippen molar-refractivity contribution >= 4 is 15.9 Å². The molecule has 0 radical (unpaired) electrons. The number of hydrogen-bond acceptors (Lipinski definition) is 2. The van der Waals surface area contributed by atoms with Crippen molar-refractivity contribution < 1.29 is 9.47 Å². The summed E-state index contributed by atoms with van der Waals surface area (Å²) < 4.78 is 11.1. The molecular weight excluding hydrogens is 304 g/mol. The van der Waals surface area contributed by atoms with Crippen LogP contribution in [-0.4, -0.2) is 13.7 Å². The molecule has 0 unspecified atom stereocenters. The zero-order valence-corrected chi connectivity index (χ0v) is 13.7. The Morgan fingerprint density at radius 2 is 1.74 bits per heavy atom. The summed E-state index contributed by atoms with van der Waals surface area (Å²) in [6.45, 7) is 3.02. The van der Waals surface area contributed by atoms with Crippen molar-refractivity contribution in [2.45, 2.75) is 50.8 Å². The maximum absolute atomic E-state index is 5.79. The fraction of sp³-hybridized carbons (Fsp3) is 0.625. The van der Waals surface area contributed by atoms with Gasteiger partial charge in [-0.15, -0.1) is 0 Å². The summed E-state index contributed by atoms with van der Waals surface area (Å²) in [4.78, 5) is 0. The number of ether oxygens (including phenoxy) is 2. The second kappa shape index (κ2) is 10.1. The van der Waals surface area contributed by atoms with Crippen LogP contribution in [-0.2, 0) is 5.33 Å². The van der Waals surface area contributed by atoms with Gasteiger partial charge in [-0.2, -0.15) is 0 Å². The SMILES string of the molecule is CCCCCCCCOc1ccc(CBr)cc1OC. The molecule has 0 amide bonds. The Kier molecular flexibility index (Phi) is 8.72. The first-order valence-electron chi connectivity index (χ1n) is 7.17. The fourth-order valence-electron chi connectivity index (χ4n) is 1.98. The number of hydrogen-bond donors (Lipinski definition) is 0. The lowest BCUT2D eigenvalue weighted by Gasteiger charge is -2.11. The molecule has 108 valence electrons. The molecule has 0 atom stereocenters. The van der Waals surface area contributed by atoms with Crippen molar-refractivity contribution in [1.82, 2.24) is 0 Å². The summed E-state index contributed by atoms with van der Waals surface area (Å²) in [6, 6.07) is 6.08. The first-order chi connectivity index (χ1) is 9.31. The molecule has 3 heteroatoms. The van der Waals surface area contributed by atoms with Gasteiger partial charge in [-0.1, -0.05) is 61.0 Å². The predicted molar refractivity (Wildman–Crippen MR) is 84.5 cm³/mol. The molecule has 1 aromatic rings. The van der Waals surface area contributed by atoms with Crippen LogP contribution in [0.5, 0.6) is 11.5 Å². The highest BCUT2D eigenvalue weighted by Crippen LogP contribution is 2.29. The zero-order chi connectivity index (χ0) is 13.9. The summed E-state index contributed by atoms with van der Waals surface area (Å²) in [5, 5.41) is 0.834. The Bertz CT molecular complexity index is 353. The fourth-order valence-corrected chi connectivity index (χ4v) is 2.33. The Hall–Kier alpha value is -0.700. The molecule has 0 fully saturated rings. The topological polar surface area (TPSA) is 18.5 Å². The first kappa shape index (κ1) is 16.4. The lowest BCUT2D eigenvalue weighted by atomic mass is 10.1. The van der Waals surface area contributed by atoms with Crippen LogP contribution in [0.2, 0.25) is 0 Å². The van der Waals surface area contributed by atoms with Crippen molar-refractivity contribution in [2.75, 3.05) is 13.7 Å². The highest BCUT2D eigenvalue weighted by molar-refractivity contribution is 9.08. The molecule has 0 saturated heterocycles. The summed E-state index contributed by atoms with van der Waals surface area (Å²) >= 11 is 3.44. The average Bonchev–Trinajstić information content (AvgIpc) is 2.46. The smallest absolute Gasteiger partial charge is 0.161 e. The molecule has 0 bridgehead atoms. The number of unbranched alkanes of at least 4 members (excludes halogenated alkanes) is 5. The van der Waals surface area contributed by atoms with Crippen LogP contribution in [0.25, 0.3) is 0 Å². The second-order valence-corrected chi connectivity index (χ2v) is 5.30. The highest BCUT2D eigenvalue weighted by Gasteiger charge is 2.05. The molecule has 1 rings (SSSR count). The number of alkyl halides is 1. The van der Waals surface area contributed by atoms with Gasteiger partial charge in [0.2, 0.25) is 0 Å². The van der Waals surface area contributed by atoms with Gasteiger partial charge < -0.3 is 9.47 Å². The van der Waals surface area contributed by atoms with E-state index in [-0.39, 0.29) is 0 Å². The van der Waals surface area contributed by atoms with E-state index in [0.717, 1.165) is 29.9 Å². The van der Waals surface area contributed by atoms with Crippen LogP contribution in [0.4, 0.5) is 0 Å². The van der Waals surface area contributed by atoms with E-state index in [4.69, 9.17) is 9.47 Å². The van der Waals surface area contributed by atoms with E-state index in [0.29, 0.717) is 0 Å². The van der Waals surface area contributed by atoms with Crippen molar-refractivity contribution in [2.24, 2.45) is 0 Å². The molecule has 0 aliphatic rings. The van der Waals surface area contributed by atoms with Crippen molar-refractivity contribution in [3.8, 4) is 11.5 Å². The van der Waals surface area contributed by atoms with Crippen LogP contribution in [0.15, 0.2) is 18.2 Å². The third kappa shape index (κ3) is 6.33. The summed E-state index contributed by atoms with van der Waals surface area (Å²) in [5.41, 5.74) is 1.20. The first-order valence-corrected chi connectivity index (χ1v) is 8.29. The van der Waals surface area contributed by atoms with Crippen LogP contribution >= 0.6 is 15.9 Å². The third-order valence-corrected chi connectivity index (χ3v) is 3.79. The van der Waals surface area contributed by atoms with Gasteiger partial charge in [-0.05, 0) is 24.1 Å². The molecule has 0 aliphatic carbocycles. The third-order valence-electron chi connectivity index (χ3n) is 3.14. The largest absolute Gasteiger partial charge is 0.493 e. The van der Waals surface area contributed by atoms with E-state index in [1.54, 1.807) is 7.11 Å². The highest BCUT2D eigenvalue weighted by atomic mass is 79.9. The predicted octanol–water partition coefficient (Wildman–Crippen LogP) is 5.33. The van der Waals surface area contributed by atoms with Gasteiger partial charge in [0.1, 0.15) is 0 Å². The Labute approximate surface area is 125 Å². The molecule has 1 aromatic carbocycles. The minimum atomic E-state index is 0.774. The number of methoxy groups -OCH3 is 1. The minimum Gasteiger partial charge on any atom is -0.493 e. The Balaban J connectivity index is 2.28. The second-order valence-electron chi connectivity index (χ2n) is 4.74. The molecular formula is C16H25BrO2. The summed E-state index contributed by atoms with van der Waals surface area (Å²) in [6.07, 6.45) is 7.68. The summed E-state index contributed by atoms with van der Waals surface area (Å²) in [7, 11) is 1.69. The van der Waals surface area contributed by atoms with E-state index < -0.39 is 0 Å². The van der Waals surface area contributed by atoms with Crippen molar-refractivity contribution in [3.05, 3.63) is 23.8 Å². The minimum absolute atomic E-state index is 0.774. The summed E-state index contributed by atoms with van der Waals surface area (Å²) in [5.74, 6) is 1.67. The number of benzene rings is 1. The van der Waals surface area contributed by atoms with Gasteiger partial charge >= 0.3 is 0 Å². The molecule has 0 N–H and O–H groups in total. The Morgan fingerprint density at radius 1 is 1.00 bits per heavy atom. The molecule has 0 spiro atoms. The van der Waals surface area contributed by atoms with E-state index in [1.165, 1.54) is 37.7 Å². The van der Waals surface area contributed by atoms with Crippen LogP contribution in [0.3, 0.4) is 0 Å². The molecule has 0 saturated carbocycles. The van der Waals surface area contributed by atoms with E-state index in [9.17, 15) is 0 Å². The van der Waals surface area contributed by atoms with Gasteiger partial charge in [0.05, 0.1) is 13.7 Å². The van der Waals surface area contributed by atoms with Crippen LogP contribution in [0, 0.1) is 0 Å². The quantitative estimate of drug-likeness (QED) is 0.427. The maximum atomic E-state index is 5.79. The van der Waals surface area contributed by atoms with E-state index in [1.807, 2.05) is 12.1 Å². The number of rotatable bonds is 10. The van der Waals surface area contributed by atoms with Gasteiger partial charge in [0.15, 0.2) is 11.5 Å². The van der Waals surface area contributed by atoms with Crippen LogP contribution in [0.1, 0.15) is 51.0 Å². The van der Waals surface area contributed by atoms with E-state index >= 15 is 0 Å². The lowest BCUT2D eigenvalue weighted by molar-refractivity contribution is 0.284. The number of halogens is 1. The monoisotopic (exact) mass is 328 g/mol. The standard InChI is InChI=1S/C16H25BrO2/c1-3-4-5-6-7-8-11-19-15-10-9-14(13-17)12-16(15)18-2/h9-10,12H,3-8,11,13H2,1-2H3. The van der Waals surface area contributed by atoms with Gasteiger partial charge in [-0.3, -0.25) is 0 Å². The lowest BCUT2D eigenvalue weighted by Crippen LogP contribution is -1.99. The molecule has 0 aliphatic heterocycles. The molecule has 0 heterocycles. The van der Waals surface area contributed by atoms with Gasteiger partial charge in [-0.25, -0.2) is 0 Å². The molecule has 2 nitrogen and oxygen atoms in total. The average molecular weight is 329 g/mol.